The summed E-state index contributed by atoms with van der Waals surface area (Å²) >= 11 is 3.45. The van der Waals surface area contributed by atoms with Crippen molar-refractivity contribution in [1.29, 1.82) is 0 Å². The topological polar surface area (TPSA) is 79.1 Å². The van der Waals surface area contributed by atoms with Gasteiger partial charge in [-0.3, -0.25) is 0 Å². The lowest BCUT2D eigenvalue weighted by Crippen LogP contribution is -2.35. The molecule has 7 heteroatoms. The van der Waals surface area contributed by atoms with Crippen molar-refractivity contribution in [2.75, 3.05) is 36.9 Å². The van der Waals surface area contributed by atoms with Crippen LogP contribution in [0, 0.1) is 5.92 Å². The number of hydrogen-bond donors (Lipinski definition) is 3. The molecule has 1 aliphatic heterocycles. The fraction of sp³-hybridized carbons (Fsp3) is 0.667. The number of hydrogen-bond acceptors (Lipinski definition) is 6. The Labute approximate surface area is 122 Å². The molecular formula is C12H21BrN6. The second-order valence-corrected chi connectivity index (χ2v) is 5.58. The van der Waals surface area contributed by atoms with E-state index < -0.39 is 0 Å². The third-order valence-corrected chi connectivity index (χ3v) is 4.39. The summed E-state index contributed by atoms with van der Waals surface area (Å²) in [7, 11) is 0. The summed E-state index contributed by atoms with van der Waals surface area (Å²) in [5.41, 5.74) is 2.54. The summed E-state index contributed by atoms with van der Waals surface area (Å²) < 4.78 is 0.781. The SMILES string of the molecule is CCN1CCC(CNc2ncnc(NN)c2Br)CC1. The zero-order chi connectivity index (χ0) is 13.7. The van der Waals surface area contributed by atoms with E-state index in [9.17, 15) is 0 Å². The second kappa shape index (κ2) is 7.02. The van der Waals surface area contributed by atoms with E-state index in [1.54, 1.807) is 0 Å². The van der Waals surface area contributed by atoms with Gasteiger partial charge in [0.1, 0.15) is 16.6 Å². The summed E-state index contributed by atoms with van der Waals surface area (Å²) in [5, 5.41) is 3.38. The van der Waals surface area contributed by atoms with Gasteiger partial charge in [0.15, 0.2) is 5.82 Å². The Morgan fingerprint density at radius 1 is 1.37 bits per heavy atom. The van der Waals surface area contributed by atoms with Crippen molar-refractivity contribution in [1.82, 2.24) is 14.9 Å². The van der Waals surface area contributed by atoms with Crippen molar-refractivity contribution < 1.29 is 0 Å². The molecule has 0 amide bonds. The number of nitrogens with two attached hydrogens (primary N) is 1. The predicted octanol–water partition coefficient (Wildman–Crippen LogP) is 1.67. The highest BCUT2D eigenvalue weighted by atomic mass is 79.9. The molecule has 2 rings (SSSR count). The minimum absolute atomic E-state index is 0.596. The van der Waals surface area contributed by atoms with Crippen LogP contribution in [0.4, 0.5) is 11.6 Å². The van der Waals surface area contributed by atoms with Gasteiger partial charge in [0, 0.05) is 6.54 Å². The molecule has 0 unspecified atom stereocenters. The van der Waals surface area contributed by atoms with Crippen LogP contribution in [0.2, 0.25) is 0 Å². The van der Waals surface area contributed by atoms with E-state index in [0.29, 0.717) is 11.7 Å². The van der Waals surface area contributed by atoms with Gasteiger partial charge in [-0.2, -0.15) is 0 Å². The molecule has 1 fully saturated rings. The first kappa shape index (κ1) is 14.5. The zero-order valence-electron chi connectivity index (χ0n) is 11.2. The average molecular weight is 329 g/mol. The third-order valence-electron chi connectivity index (χ3n) is 3.64. The summed E-state index contributed by atoms with van der Waals surface area (Å²) in [5.74, 6) is 7.48. The molecule has 0 saturated carbocycles. The first-order chi connectivity index (χ1) is 9.24. The van der Waals surface area contributed by atoms with E-state index in [4.69, 9.17) is 5.84 Å². The first-order valence-electron chi connectivity index (χ1n) is 6.68. The van der Waals surface area contributed by atoms with Crippen molar-refractivity contribution in [2.45, 2.75) is 19.8 Å². The maximum absolute atomic E-state index is 5.39. The van der Waals surface area contributed by atoms with Crippen LogP contribution in [0.3, 0.4) is 0 Å². The van der Waals surface area contributed by atoms with Crippen LogP contribution in [0.1, 0.15) is 19.8 Å². The van der Waals surface area contributed by atoms with Gasteiger partial charge in [0.2, 0.25) is 0 Å². The number of likely N-dealkylation sites (tertiary alicyclic amines) is 1. The molecular weight excluding hydrogens is 308 g/mol. The van der Waals surface area contributed by atoms with Crippen LogP contribution >= 0.6 is 15.9 Å². The van der Waals surface area contributed by atoms with Crippen LogP contribution in [-0.4, -0.2) is 41.0 Å². The van der Waals surface area contributed by atoms with E-state index >= 15 is 0 Å². The number of nitrogens with one attached hydrogen (secondary N) is 2. The number of rotatable bonds is 5. The van der Waals surface area contributed by atoms with Crippen molar-refractivity contribution >= 4 is 27.6 Å². The Kier molecular flexibility index (Phi) is 5.35. The smallest absolute Gasteiger partial charge is 0.159 e. The standard InChI is InChI=1S/C12H21BrN6/c1-2-19-5-3-9(4-6-19)7-15-11-10(13)12(18-14)17-8-16-11/h8-9H,2-7,14H2,1H3,(H2,15,16,17,18). The molecule has 1 aliphatic rings. The number of nitrogen functional groups attached to an aromatic ring is 1. The summed E-state index contributed by atoms with van der Waals surface area (Å²) in [6.07, 6.45) is 3.99. The minimum Gasteiger partial charge on any atom is -0.369 e. The minimum atomic E-state index is 0.596. The molecule has 1 aromatic heterocycles. The maximum Gasteiger partial charge on any atom is 0.159 e. The number of nitrogens with zero attached hydrogens (tertiary/aromatic N) is 3. The molecule has 106 valence electrons. The molecule has 0 atom stereocenters. The lowest BCUT2D eigenvalue weighted by molar-refractivity contribution is 0.198. The van der Waals surface area contributed by atoms with Gasteiger partial charge in [0.25, 0.3) is 0 Å². The predicted molar refractivity (Wildman–Crippen MR) is 80.9 cm³/mol. The Bertz CT molecular complexity index is 405. The monoisotopic (exact) mass is 328 g/mol. The third kappa shape index (κ3) is 3.77. The highest BCUT2D eigenvalue weighted by Crippen LogP contribution is 2.26. The van der Waals surface area contributed by atoms with Crippen molar-refractivity contribution in [3.8, 4) is 0 Å². The van der Waals surface area contributed by atoms with E-state index in [1.807, 2.05) is 0 Å². The fourth-order valence-corrected chi connectivity index (χ4v) is 2.80. The van der Waals surface area contributed by atoms with Crippen LogP contribution in [-0.2, 0) is 0 Å². The van der Waals surface area contributed by atoms with Crippen LogP contribution in [0.5, 0.6) is 0 Å². The number of piperidine rings is 1. The fourth-order valence-electron chi connectivity index (χ4n) is 2.34. The number of halogens is 1. The van der Waals surface area contributed by atoms with Gasteiger partial charge in [-0.1, -0.05) is 6.92 Å². The Hall–Kier alpha value is -0.920. The highest BCUT2D eigenvalue weighted by Gasteiger charge is 2.18. The Morgan fingerprint density at radius 2 is 2.05 bits per heavy atom. The molecule has 0 bridgehead atoms. The summed E-state index contributed by atoms with van der Waals surface area (Å²) in [4.78, 5) is 10.8. The van der Waals surface area contributed by atoms with Crippen LogP contribution in [0.15, 0.2) is 10.8 Å². The lowest BCUT2D eigenvalue weighted by Gasteiger charge is -2.31. The van der Waals surface area contributed by atoms with E-state index in [2.05, 4.69) is 48.5 Å². The van der Waals surface area contributed by atoms with Gasteiger partial charge in [-0.25, -0.2) is 15.8 Å². The normalized spacial score (nSPS) is 17.4. The maximum atomic E-state index is 5.39. The molecule has 0 spiro atoms. The Balaban J connectivity index is 1.86. The van der Waals surface area contributed by atoms with Gasteiger partial charge in [0.05, 0.1) is 0 Å². The molecule has 0 aliphatic carbocycles. The van der Waals surface area contributed by atoms with Crippen molar-refractivity contribution in [3.63, 3.8) is 0 Å². The van der Waals surface area contributed by atoms with Crippen LogP contribution in [0.25, 0.3) is 0 Å². The molecule has 19 heavy (non-hydrogen) atoms. The highest BCUT2D eigenvalue weighted by molar-refractivity contribution is 9.10. The van der Waals surface area contributed by atoms with Gasteiger partial charge >= 0.3 is 0 Å². The molecule has 0 radical (unpaired) electrons. The van der Waals surface area contributed by atoms with Crippen LogP contribution < -0.4 is 16.6 Å². The van der Waals surface area contributed by atoms with E-state index in [0.717, 1.165) is 23.4 Å². The Morgan fingerprint density at radius 3 is 2.68 bits per heavy atom. The zero-order valence-corrected chi connectivity index (χ0v) is 12.8. The first-order valence-corrected chi connectivity index (χ1v) is 7.47. The second-order valence-electron chi connectivity index (χ2n) is 4.79. The summed E-state index contributed by atoms with van der Waals surface area (Å²) in [6, 6.07) is 0. The quantitative estimate of drug-likeness (QED) is 0.563. The van der Waals surface area contributed by atoms with Gasteiger partial charge < -0.3 is 15.6 Å². The molecule has 2 heterocycles. The average Bonchev–Trinajstić information content (AvgIpc) is 2.47. The molecule has 4 N–H and O–H groups in total. The van der Waals surface area contributed by atoms with Gasteiger partial charge in [-0.05, 0) is 54.3 Å². The molecule has 1 saturated heterocycles. The number of anilines is 2. The number of hydrazine groups is 1. The largest absolute Gasteiger partial charge is 0.369 e. The molecule has 6 nitrogen and oxygen atoms in total. The molecule has 0 aromatic carbocycles. The number of aromatic nitrogens is 2. The van der Waals surface area contributed by atoms with Gasteiger partial charge in [-0.15, -0.1) is 0 Å². The van der Waals surface area contributed by atoms with E-state index in [1.165, 1.54) is 32.3 Å². The van der Waals surface area contributed by atoms with Crippen molar-refractivity contribution in [2.24, 2.45) is 11.8 Å². The van der Waals surface area contributed by atoms with E-state index in [-0.39, 0.29) is 0 Å². The van der Waals surface area contributed by atoms with Crippen molar-refractivity contribution in [3.05, 3.63) is 10.8 Å². The lowest BCUT2D eigenvalue weighted by atomic mass is 9.97. The molecule has 1 aromatic rings. The summed E-state index contributed by atoms with van der Waals surface area (Å²) in [6.45, 7) is 6.71.